The van der Waals surface area contributed by atoms with Crippen molar-refractivity contribution in [3.8, 4) is 0 Å². The molecule has 2 aromatic rings. The van der Waals surface area contributed by atoms with Gasteiger partial charge in [-0.15, -0.1) is 11.8 Å². The molecule has 0 bridgehead atoms. The van der Waals surface area contributed by atoms with Crippen molar-refractivity contribution in [3.05, 3.63) is 46.5 Å². The fraction of sp³-hybridized carbons (Fsp3) is 0.308. The third kappa shape index (κ3) is 2.79. The van der Waals surface area contributed by atoms with Crippen LogP contribution in [0.15, 0.2) is 35.3 Å². The van der Waals surface area contributed by atoms with E-state index in [0.29, 0.717) is 17.1 Å². The molecule has 18 heavy (non-hydrogen) atoms. The maximum atomic E-state index is 11.8. The first-order valence-corrected chi connectivity index (χ1v) is 6.72. The van der Waals surface area contributed by atoms with E-state index >= 15 is 0 Å². The molecule has 0 aliphatic carbocycles. The van der Waals surface area contributed by atoms with Gasteiger partial charge in [-0.2, -0.15) is 0 Å². The van der Waals surface area contributed by atoms with Crippen LogP contribution in [0.4, 0.5) is 0 Å². The van der Waals surface area contributed by atoms with Gasteiger partial charge in [0, 0.05) is 18.0 Å². The Balaban J connectivity index is 2.25. The summed E-state index contributed by atoms with van der Waals surface area (Å²) in [5, 5.41) is -0.0685. The van der Waals surface area contributed by atoms with Crippen LogP contribution in [0.1, 0.15) is 19.5 Å². The van der Waals surface area contributed by atoms with E-state index in [9.17, 15) is 9.59 Å². The molecule has 0 fully saturated rings. The van der Waals surface area contributed by atoms with E-state index in [2.05, 4.69) is 4.98 Å². The average Bonchev–Trinajstić information content (AvgIpc) is 2.36. The minimum Gasteiger partial charge on any atom is -0.299 e. The van der Waals surface area contributed by atoms with Crippen molar-refractivity contribution in [1.29, 1.82) is 0 Å². The number of carbonyl (C=O) groups excluding carboxylic acids is 1. The van der Waals surface area contributed by atoms with Crippen LogP contribution in [-0.4, -0.2) is 20.4 Å². The van der Waals surface area contributed by atoms with Gasteiger partial charge in [0.2, 0.25) is 0 Å². The number of thioether (sulfide) groups is 1. The predicted octanol–water partition coefficient (Wildman–Crippen LogP) is 1.91. The molecule has 2 rings (SSSR count). The quantitative estimate of drug-likeness (QED) is 0.844. The zero-order valence-corrected chi connectivity index (χ0v) is 11.1. The number of hydrogen-bond acceptors (Lipinski definition) is 4. The van der Waals surface area contributed by atoms with Gasteiger partial charge in [-0.05, 0) is 26.0 Å². The van der Waals surface area contributed by atoms with Crippen LogP contribution in [0.2, 0.25) is 0 Å². The number of fused-ring (bicyclic) bond motifs is 1. The number of Topliss-reactive ketones (excluding diaryl/α,β-unsaturated/α-hetero) is 1. The number of aromatic nitrogens is 2. The van der Waals surface area contributed by atoms with Gasteiger partial charge in [-0.1, -0.05) is 6.07 Å². The first kappa shape index (κ1) is 12.8. The van der Waals surface area contributed by atoms with Crippen molar-refractivity contribution in [2.45, 2.75) is 24.9 Å². The lowest BCUT2D eigenvalue weighted by Crippen LogP contribution is -2.15. The lowest BCUT2D eigenvalue weighted by atomic mass is 10.3. The van der Waals surface area contributed by atoms with Gasteiger partial charge < -0.3 is 0 Å². The Bertz CT molecular complexity index is 636. The average molecular weight is 262 g/mol. The highest BCUT2D eigenvalue weighted by Crippen LogP contribution is 2.16. The largest absolute Gasteiger partial charge is 0.299 e. The second-order valence-electron chi connectivity index (χ2n) is 4.08. The summed E-state index contributed by atoms with van der Waals surface area (Å²) in [6.07, 6.45) is 1.69. The lowest BCUT2D eigenvalue weighted by molar-refractivity contribution is -0.116. The van der Waals surface area contributed by atoms with Crippen LogP contribution < -0.4 is 5.56 Å². The molecule has 2 aromatic heterocycles. The van der Waals surface area contributed by atoms with E-state index in [-0.39, 0.29) is 16.6 Å². The second-order valence-corrected chi connectivity index (χ2v) is 5.41. The molecule has 0 aromatic carbocycles. The fourth-order valence-corrected chi connectivity index (χ4v) is 2.31. The third-order valence-corrected chi connectivity index (χ3v) is 3.97. The van der Waals surface area contributed by atoms with E-state index in [1.165, 1.54) is 22.2 Å². The number of carbonyl (C=O) groups is 1. The van der Waals surface area contributed by atoms with E-state index in [1.54, 1.807) is 25.3 Å². The van der Waals surface area contributed by atoms with E-state index in [1.807, 2.05) is 13.0 Å². The van der Waals surface area contributed by atoms with Gasteiger partial charge in [-0.3, -0.25) is 14.0 Å². The highest BCUT2D eigenvalue weighted by Gasteiger charge is 2.09. The summed E-state index contributed by atoms with van der Waals surface area (Å²) in [7, 11) is 0. The van der Waals surface area contributed by atoms with E-state index in [0.717, 1.165) is 0 Å². The summed E-state index contributed by atoms with van der Waals surface area (Å²) >= 11 is 1.49. The smallest absolute Gasteiger partial charge is 0.258 e. The monoisotopic (exact) mass is 262 g/mol. The minimum absolute atomic E-state index is 0.0685. The second kappa shape index (κ2) is 5.35. The van der Waals surface area contributed by atoms with Gasteiger partial charge in [0.1, 0.15) is 11.4 Å². The first-order chi connectivity index (χ1) is 8.58. The molecular weight excluding hydrogens is 248 g/mol. The Kier molecular flexibility index (Phi) is 3.81. The number of pyridine rings is 1. The van der Waals surface area contributed by atoms with Gasteiger partial charge in [0.25, 0.3) is 5.56 Å². The third-order valence-electron chi connectivity index (χ3n) is 2.68. The summed E-state index contributed by atoms with van der Waals surface area (Å²) < 4.78 is 1.50. The summed E-state index contributed by atoms with van der Waals surface area (Å²) in [6.45, 7) is 3.43. The number of ketones is 1. The van der Waals surface area contributed by atoms with Crippen LogP contribution in [0.25, 0.3) is 5.65 Å². The van der Waals surface area contributed by atoms with Gasteiger partial charge in [-0.25, -0.2) is 4.98 Å². The van der Waals surface area contributed by atoms with Gasteiger partial charge in [0.15, 0.2) is 0 Å². The SMILES string of the molecule is CC(=O)C(C)SCc1cc(=O)n2ccccc2n1. The van der Waals surface area contributed by atoms with Crippen molar-refractivity contribution >= 4 is 23.2 Å². The normalized spacial score (nSPS) is 12.6. The predicted molar refractivity (Wildman–Crippen MR) is 72.9 cm³/mol. The maximum absolute atomic E-state index is 11.8. The Morgan fingerprint density at radius 2 is 2.28 bits per heavy atom. The Hall–Kier alpha value is -1.62. The van der Waals surface area contributed by atoms with E-state index < -0.39 is 0 Å². The molecule has 0 saturated heterocycles. The zero-order chi connectivity index (χ0) is 13.1. The van der Waals surface area contributed by atoms with Crippen molar-refractivity contribution in [2.75, 3.05) is 0 Å². The van der Waals surface area contributed by atoms with Crippen LogP contribution in [0.5, 0.6) is 0 Å². The van der Waals surface area contributed by atoms with E-state index in [4.69, 9.17) is 0 Å². The summed E-state index contributed by atoms with van der Waals surface area (Å²) in [6, 6.07) is 6.95. The summed E-state index contributed by atoms with van der Waals surface area (Å²) in [5.74, 6) is 0.707. The highest BCUT2D eigenvalue weighted by atomic mass is 32.2. The molecule has 94 valence electrons. The van der Waals surface area contributed by atoms with Crippen LogP contribution >= 0.6 is 11.8 Å². The molecule has 1 unspecified atom stereocenters. The number of rotatable bonds is 4. The topological polar surface area (TPSA) is 51.4 Å². The zero-order valence-electron chi connectivity index (χ0n) is 10.3. The minimum atomic E-state index is -0.0910. The maximum Gasteiger partial charge on any atom is 0.258 e. The van der Waals surface area contributed by atoms with Crippen molar-refractivity contribution < 1.29 is 4.79 Å². The first-order valence-electron chi connectivity index (χ1n) is 5.67. The van der Waals surface area contributed by atoms with Crippen LogP contribution in [0, 0.1) is 0 Å². The van der Waals surface area contributed by atoms with Crippen molar-refractivity contribution in [3.63, 3.8) is 0 Å². The molecule has 1 atom stereocenters. The number of hydrogen-bond donors (Lipinski definition) is 0. The molecule has 0 saturated carbocycles. The van der Waals surface area contributed by atoms with Crippen molar-refractivity contribution in [2.24, 2.45) is 0 Å². The molecule has 2 heterocycles. The van der Waals surface area contributed by atoms with Gasteiger partial charge >= 0.3 is 0 Å². The molecule has 4 nitrogen and oxygen atoms in total. The molecular formula is C13H14N2O2S. The summed E-state index contributed by atoms with van der Waals surface area (Å²) in [5.41, 5.74) is 1.26. The Morgan fingerprint density at radius 1 is 1.50 bits per heavy atom. The molecule has 0 aliphatic heterocycles. The molecule has 0 spiro atoms. The van der Waals surface area contributed by atoms with Crippen molar-refractivity contribution in [1.82, 2.24) is 9.38 Å². The lowest BCUT2D eigenvalue weighted by Gasteiger charge is -2.07. The van der Waals surface area contributed by atoms with Gasteiger partial charge in [0.05, 0.1) is 10.9 Å². The Morgan fingerprint density at radius 3 is 3.00 bits per heavy atom. The van der Waals surface area contributed by atoms with Crippen LogP contribution in [-0.2, 0) is 10.5 Å². The number of nitrogens with zero attached hydrogens (tertiary/aromatic N) is 2. The summed E-state index contributed by atoms with van der Waals surface area (Å²) in [4.78, 5) is 27.4. The standard InChI is InChI=1S/C13H14N2O2S/c1-9(16)10(2)18-8-11-7-13(17)15-6-4-3-5-12(15)14-11/h3-7,10H,8H2,1-2H3. The molecule has 5 heteroatoms. The molecule has 0 aliphatic rings. The molecule has 0 N–H and O–H groups in total. The molecule has 0 amide bonds. The molecule has 0 radical (unpaired) electrons. The Labute approximate surface area is 109 Å². The highest BCUT2D eigenvalue weighted by molar-refractivity contribution is 7.99. The fourth-order valence-electron chi connectivity index (χ4n) is 1.50. The van der Waals surface area contributed by atoms with Crippen LogP contribution in [0.3, 0.4) is 0 Å².